The van der Waals surface area contributed by atoms with Crippen molar-refractivity contribution in [2.45, 2.75) is 65.0 Å². The van der Waals surface area contributed by atoms with E-state index in [-0.39, 0.29) is 24.0 Å². The van der Waals surface area contributed by atoms with E-state index < -0.39 is 0 Å². The Bertz CT molecular complexity index is 500. The number of hydrogen-bond acceptors (Lipinski definition) is 4. The number of rotatable bonds is 7. The number of halogens is 1. The van der Waals surface area contributed by atoms with Gasteiger partial charge in [0.15, 0.2) is 5.96 Å². The van der Waals surface area contributed by atoms with Crippen LogP contribution in [0.2, 0.25) is 0 Å². The molecule has 1 saturated heterocycles. The molecule has 26 heavy (non-hydrogen) atoms. The number of aromatic nitrogens is 3. The lowest BCUT2D eigenvalue weighted by Gasteiger charge is -2.34. The third kappa shape index (κ3) is 6.68. The molecule has 0 bridgehead atoms. The summed E-state index contributed by atoms with van der Waals surface area (Å²) < 4.78 is 0. The molecule has 0 amide bonds. The van der Waals surface area contributed by atoms with E-state index in [4.69, 9.17) is 0 Å². The molecule has 0 spiro atoms. The third-order valence-corrected chi connectivity index (χ3v) is 5.03. The molecule has 8 heteroatoms. The molecule has 1 fully saturated rings. The van der Waals surface area contributed by atoms with Gasteiger partial charge in [0.1, 0.15) is 12.2 Å². The van der Waals surface area contributed by atoms with Crippen molar-refractivity contribution >= 4 is 29.9 Å². The molecule has 1 aliphatic heterocycles. The van der Waals surface area contributed by atoms with Gasteiger partial charge in [-0.3, -0.25) is 15.0 Å². The zero-order chi connectivity index (χ0) is 18.2. The summed E-state index contributed by atoms with van der Waals surface area (Å²) in [6, 6.07) is 1.18. The van der Waals surface area contributed by atoms with E-state index in [1.807, 2.05) is 7.05 Å². The highest BCUT2D eigenvalue weighted by Gasteiger charge is 2.24. The molecule has 7 nitrogen and oxygen atoms in total. The van der Waals surface area contributed by atoms with E-state index in [0.717, 1.165) is 57.2 Å². The topological polar surface area (TPSA) is 72.4 Å². The van der Waals surface area contributed by atoms with E-state index in [0.29, 0.717) is 18.0 Å². The lowest BCUT2D eigenvalue weighted by atomic mass is 9.96. The Kier molecular flexibility index (Phi) is 10.4. The van der Waals surface area contributed by atoms with Crippen molar-refractivity contribution in [3.8, 4) is 0 Å². The average Bonchev–Trinajstić information content (AvgIpc) is 3.12. The van der Waals surface area contributed by atoms with Gasteiger partial charge < -0.3 is 10.2 Å². The van der Waals surface area contributed by atoms with Crippen molar-refractivity contribution in [2.24, 2.45) is 4.99 Å². The Hall–Kier alpha value is -0.900. The Morgan fingerprint density at radius 1 is 1.31 bits per heavy atom. The summed E-state index contributed by atoms with van der Waals surface area (Å²) in [5.41, 5.74) is 0. The highest BCUT2D eigenvalue weighted by Crippen LogP contribution is 2.24. The smallest absolute Gasteiger partial charge is 0.193 e. The van der Waals surface area contributed by atoms with Gasteiger partial charge in [-0.2, -0.15) is 5.10 Å². The van der Waals surface area contributed by atoms with E-state index in [1.54, 1.807) is 6.33 Å². The van der Waals surface area contributed by atoms with Gasteiger partial charge in [-0.1, -0.05) is 0 Å². The molecule has 2 heterocycles. The number of guanidine groups is 1. The largest absolute Gasteiger partial charge is 0.356 e. The van der Waals surface area contributed by atoms with Crippen LogP contribution in [0.15, 0.2) is 11.3 Å². The molecule has 0 aromatic carbocycles. The van der Waals surface area contributed by atoms with Crippen LogP contribution in [0.4, 0.5) is 0 Å². The first-order valence-electron chi connectivity index (χ1n) is 9.59. The fourth-order valence-corrected chi connectivity index (χ4v) is 3.68. The van der Waals surface area contributed by atoms with E-state index in [9.17, 15) is 0 Å². The molecular weight excluding hydrogens is 441 g/mol. The minimum Gasteiger partial charge on any atom is -0.356 e. The van der Waals surface area contributed by atoms with Gasteiger partial charge in [-0.25, -0.2) is 4.98 Å². The van der Waals surface area contributed by atoms with Crippen molar-refractivity contribution in [3.05, 3.63) is 12.2 Å². The van der Waals surface area contributed by atoms with Crippen molar-refractivity contribution in [3.63, 3.8) is 0 Å². The average molecular weight is 477 g/mol. The molecule has 150 valence electrons. The van der Waals surface area contributed by atoms with Crippen LogP contribution in [0.3, 0.4) is 0 Å². The number of aromatic amines is 1. The van der Waals surface area contributed by atoms with Gasteiger partial charge in [0, 0.05) is 51.2 Å². The zero-order valence-electron chi connectivity index (χ0n) is 16.9. The van der Waals surface area contributed by atoms with Gasteiger partial charge in [-0.15, -0.1) is 24.0 Å². The first-order valence-corrected chi connectivity index (χ1v) is 9.59. The zero-order valence-corrected chi connectivity index (χ0v) is 19.2. The third-order valence-electron chi connectivity index (χ3n) is 5.03. The Morgan fingerprint density at radius 3 is 2.46 bits per heavy atom. The van der Waals surface area contributed by atoms with Crippen LogP contribution in [0.5, 0.6) is 0 Å². The van der Waals surface area contributed by atoms with Gasteiger partial charge in [0.2, 0.25) is 0 Å². The highest BCUT2D eigenvalue weighted by atomic mass is 127. The van der Waals surface area contributed by atoms with E-state index in [1.165, 1.54) is 0 Å². The maximum absolute atomic E-state index is 4.47. The number of piperidine rings is 1. The first kappa shape index (κ1) is 23.1. The maximum atomic E-state index is 4.47. The Morgan fingerprint density at radius 2 is 1.96 bits per heavy atom. The Balaban J connectivity index is 0.00000338. The molecule has 1 aliphatic rings. The SMILES string of the molecule is CN=C(NCCCN(C(C)C)C(C)C)N1CCC(c2ncn[nH]2)CC1.I. The maximum Gasteiger partial charge on any atom is 0.193 e. The summed E-state index contributed by atoms with van der Waals surface area (Å²) in [7, 11) is 1.87. The fraction of sp³-hybridized carbons (Fsp3) is 0.833. The number of likely N-dealkylation sites (tertiary alicyclic amines) is 1. The van der Waals surface area contributed by atoms with Gasteiger partial charge in [-0.05, 0) is 47.0 Å². The van der Waals surface area contributed by atoms with E-state index >= 15 is 0 Å². The van der Waals surface area contributed by atoms with Crippen LogP contribution in [-0.2, 0) is 0 Å². The van der Waals surface area contributed by atoms with Gasteiger partial charge in [0.05, 0.1) is 0 Å². The van der Waals surface area contributed by atoms with Crippen LogP contribution in [0.1, 0.15) is 58.7 Å². The molecular formula is C18H36IN7. The quantitative estimate of drug-likeness (QED) is 0.274. The second-order valence-electron chi connectivity index (χ2n) is 7.38. The predicted octanol–water partition coefficient (Wildman–Crippen LogP) is 2.69. The first-order chi connectivity index (χ1) is 12.0. The predicted molar refractivity (Wildman–Crippen MR) is 118 cm³/mol. The minimum absolute atomic E-state index is 0. The molecule has 0 radical (unpaired) electrons. The molecule has 0 unspecified atom stereocenters. The number of aliphatic imine (C=N–C) groups is 1. The van der Waals surface area contributed by atoms with Crippen molar-refractivity contribution in [1.29, 1.82) is 0 Å². The van der Waals surface area contributed by atoms with Crippen molar-refractivity contribution in [1.82, 2.24) is 30.3 Å². The summed E-state index contributed by atoms with van der Waals surface area (Å²) in [6.45, 7) is 13.2. The number of nitrogens with one attached hydrogen (secondary N) is 2. The van der Waals surface area contributed by atoms with Crippen LogP contribution in [0, 0.1) is 0 Å². The molecule has 0 atom stereocenters. The van der Waals surface area contributed by atoms with Gasteiger partial charge >= 0.3 is 0 Å². The number of hydrogen-bond donors (Lipinski definition) is 2. The van der Waals surface area contributed by atoms with Crippen LogP contribution >= 0.6 is 24.0 Å². The van der Waals surface area contributed by atoms with Crippen molar-refractivity contribution in [2.75, 3.05) is 33.2 Å². The summed E-state index contributed by atoms with van der Waals surface area (Å²) in [6.07, 6.45) is 4.90. The summed E-state index contributed by atoms with van der Waals surface area (Å²) >= 11 is 0. The monoisotopic (exact) mass is 477 g/mol. The minimum atomic E-state index is 0. The standard InChI is InChI=1S/C18H35N7.HI/c1-14(2)25(15(3)4)10-6-9-20-18(19-5)24-11-7-16(8-12-24)17-21-13-22-23-17;/h13-16H,6-12H2,1-5H3,(H,19,20)(H,21,22,23);1H. The normalized spacial score (nSPS) is 16.5. The van der Waals surface area contributed by atoms with Crippen LogP contribution < -0.4 is 5.32 Å². The van der Waals surface area contributed by atoms with E-state index in [2.05, 4.69) is 63.0 Å². The second-order valence-corrected chi connectivity index (χ2v) is 7.38. The van der Waals surface area contributed by atoms with Crippen molar-refractivity contribution < 1.29 is 0 Å². The lowest BCUT2D eigenvalue weighted by Crippen LogP contribution is -2.46. The summed E-state index contributed by atoms with van der Waals surface area (Å²) in [5, 5.41) is 10.5. The molecule has 0 aliphatic carbocycles. The highest BCUT2D eigenvalue weighted by molar-refractivity contribution is 14.0. The van der Waals surface area contributed by atoms with Crippen LogP contribution in [-0.4, -0.2) is 76.3 Å². The summed E-state index contributed by atoms with van der Waals surface area (Å²) in [5.74, 6) is 2.53. The second kappa shape index (κ2) is 11.7. The van der Waals surface area contributed by atoms with Crippen LogP contribution in [0.25, 0.3) is 0 Å². The fourth-order valence-electron chi connectivity index (χ4n) is 3.68. The molecule has 2 N–H and O–H groups in total. The molecule has 1 aromatic rings. The molecule has 1 aromatic heterocycles. The molecule has 2 rings (SSSR count). The summed E-state index contributed by atoms with van der Waals surface area (Å²) in [4.78, 5) is 13.7. The molecule has 0 saturated carbocycles. The van der Waals surface area contributed by atoms with Gasteiger partial charge in [0.25, 0.3) is 0 Å². The lowest BCUT2D eigenvalue weighted by molar-refractivity contribution is 0.173. The number of nitrogens with zero attached hydrogens (tertiary/aromatic N) is 5. The number of H-pyrrole nitrogens is 1. The Labute approximate surface area is 175 Å².